The lowest BCUT2D eigenvalue weighted by Crippen LogP contribution is -2.17. The standard InChI is InChI=1S/C49H43N3O2/c1-29-22-32(24-33(23-29)44-43-37-25-30-14-11-12-15-31(30)26-42(37)54-41(43)20-21-50-44)36-18-13-19-40-45(36)51-47(52(40)35-16-9-8-10-17-35)38-27-34(48(2,3)4)28-39(46(38)53)49(5,6)7/h8-28,53H,1-7H3. The molecule has 0 fully saturated rings. The van der Waals surface area contributed by atoms with Gasteiger partial charge in [0.25, 0.3) is 0 Å². The molecule has 0 saturated heterocycles. The number of pyridine rings is 1. The number of aryl methyl sites for hydroxylation is 1. The molecule has 1 N–H and O–H groups in total. The second-order valence-electron chi connectivity index (χ2n) is 16.6. The van der Waals surface area contributed by atoms with Crippen LogP contribution in [0.15, 0.2) is 132 Å². The average molecular weight is 706 g/mol. The molecule has 0 aliphatic rings. The lowest BCUT2D eigenvalue weighted by Gasteiger charge is -2.27. The molecule has 54 heavy (non-hydrogen) atoms. The van der Waals surface area contributed by atoms with Crippen molar-refractivity contribution >= 4 is 43.7 Å². The summed E-state index contributed by atoms with van der Waals surface area (Å²) in [6.07, 6.45) is 1.83. The Morgan fingerprint density at radius 2 is 1.37 bits per heavy atom. The third kappa shape index (κ3) is 5.54. The lowest BCUT2D eigenvalue weighted by molar-refractivity contribution is 0.446. The van der Waals surface area contributed by atoms with Gasteiger partial charge in [-0.25, -0.2) is 4.98 Å². The van der Waals surface area contributed by atoms with Crippen LogP contribution in [0.25, 0.3) is 83.2 Å². The second kappa shape index (κ2) is 12.2. The summed E-state index contributed by atoms with van der Waals surface area (Å²) >= 11 is 0. The fourth-order valence-corrected chi connectivity index (χ4v) is 7.86. The van der Waals surface area contributed by atoms with Crippen molar-refractivity contribution in [2.24, 2.45) is 0 Å². The summed E-state index contributed by atoms with van der Waals surface area (Å²) in [6, 6.07) is 42.3. The largest absolute Gasteiger partial charge is 0.507 e. The van der Waals surface area contributed by atoms with Crippen LogP contribution in [-0.4, -0.2) is 19.6 Å². The van der Waals surface area contributed by atoms with Crippen LogP contribution >= 0.6 is 0 Å². The van der Waals surface area contributed by atoms with Crippen LogP contribution in [0.5, 0.6) is 5.75 Å². The van der Waals surface area contributed by atoms with Crippen LogP contribution in [0.3, 0.4) is 0 Å². The number of phenols is 1. The van der Waals surface area contributed by atoms with Crippen LogP contribution < -0.4 is 0 Å². The number of nitrogens with zero attached hydrogens (tertiary/aromatic N) is 3. The van der Waals surface area contributed by atoms with E-state index in [4.69, 9.17) is 14.4 Å². The smallest absolute Gasteiger partial charge is 0.149 e. The molecule has 0 bridgehead atoms. The van der Waals surface area contributed by atoms with E-state index in [0.29, 0.717) is 5.82 Å². The van der Waals surface area contributed by atoms with Crippen LogP contribution in [0.1, 0.15) is 58.2 Å². The maximum atomic E-state index is 12.1. The molecule has 5 nitrogen and oxygen atoms in total. The predicted molar refractivity (Wildman–Crippen MR) is 224 cm³/mol. The molecule has 0 atom stereocenters. The summed E-state index contributed by atoms with van der Waals surface area (Å²) in [4.78, 5) is 10.4. The molecule has 0 saturated carbocycles. The van der Waals surface area contributed by atoms with Crippen LogP contribution in [-0.2, 0) is 10.8 Å². The maximum absolute atomic E-state index is 12.1. The number of aromatic hydroxyl groups is 1. The molecule has 0 aliphatic heterocycles. The van der Waals surface area contributed by atoms with Gasteiger partial charge in [-0.3, -0.25) is 9.55 Å². The number of para-hydroxylation sites is 2. The van der Waals surface area contributed by atoms with Crippen LogP contribution in [0.2, 0.25) is 0 Å². The van der Waals surface area contributed by atoms with Gasteiger partial charge >= 0.3 is 0 Å². The van der Waals surface area contributed by atoms with E-state index in [1.165, 1.54) is 0 Å². The third-order valence-corrected chi connectivity index (χ3v) is 10.6. The molecule has 266 valence electrons. The van der Waals surface area contributed by atoms with E-state index >= 15 is 0 Å². The first-order valence-electron chi connectivity index (χ1n) is 18.6. The van der Waals surface area contributed by atoms with Crippen molar-refractivity contribution in [3.63, 3.8) is 0 Å². The first-order chi connectivity index (χ1) is 25.8. The van der Waals surface area contributed by atoms with Gasteiger partial charge in [0.15, 0.2) is 0 Å². The summed E-state index contributed by atoms with van der Waals surface area (Å²) in [5, 5.41) is 16.5. The molecule has 3 aromatic heterocycles. The molecule has 0 aliphatic carbocycles. The van der Waals surface area contributed by atoms with E-state index in [9.17, 15) is 5.11 Å². The second-order valence-corrected chi connectivity index (χ2v) is 16.6. The van der Waals surface area contributed by atoms with Gasteiger partial charge in [-0.15, -0.1) is 0 Å². The van der Waals surface area contributed by atoms with Crippen LogP contribution in [0.4, 0.5) is 0 Å². The van der Waals surface area contributed by atoms with E-state index in [0.717, 1.165) is 94.1 Å². The highest BCUT2D eigenvalue weighted by molar-refractivity contribution is 6.15. The third-order valence-electron chi connectivity index (χ3n) is 10.6. The Balaban J connectivity index is 1.29. The number of rotatable bonds is 4. The summed E-state index contributed by atoms with van der Waals surface area (Å²) < 4.78 is 8.61. The highest BCUT2D eigenvalue weighted by Gasteiger charge is 2.28. The Labute approximate surface area is 315 Å². The fourth-order valence-electron chi connectivity index (χ4n) is 7.86. The molecule has 6 aromatic carbocycles. The highest BCUT2D eigenvalue weighted by atomic mass is 16.3. The fraction of sp³-hybridized carbons (Fsp3) is 0.184. The molecule has 0 radical (unpaired) electrons. The first-order valence-corrected chi connectivity index (χ1v) is 18.6. The lowest BCUT2D eigenvalue weighted by atomic mass is 9.79. The number of fused-ring (bicyclic) bond motifs is 5. The first kappa shape index (κ1) is 33.6. The summed E-state index contributed by atoms with van der Waals surface area (Å²) in [5.41, 5.74) is 11.9. The Morgan fingerprint density at radius 3 is 2.11 bits per heavy atom. The topological polar surface area (TPSA) is 64.1 Å². The van der Waals surface area contributed by atoms with E-state index in [1.54, 1.807) is 0 Å². The minimum Gasteiger partial charge on any atom is -0.507 e. The average Bonchev–Trinajstić information content (AvgIpc) is 3.71. The van der Waals surface area contributed by atoms with Gasteiger partial charge in [0, 0.05) is 34.0 Å². The van der Waals surface area contributed by atoms with Crippen LogP contribution in [0, 0.1) is 6.92 Å². The molecule has 9 aromatic rings. The molecule has 0 unspecified atom stereocenters. The Hall–Kier alpha value is -6.20. The van der Waals surface area contributed by atoms with Crippen molar-refractivity contribution in [3.05, 3.63) is 144 Å². The SMILES string of the molecule is Cc1cc(-c2cccc3c2nc(-c2cc(C(C)(C)C)cc(C(C)(C)C)c2O)n3-c2ccccc2)cc(-c2nccc3oc4cc5ccccc5cc4c23)c1. The quantitative estimate of drug-likeness (QED) is 0.198. The molecule has 5 heteroatoms. The Kier molecular flexibility index (Phi) is 7.58. The van der Waals surface area contributed by atoms with Crippen molar-refractivity contribution in [1.82, 2.24) is 14.5 Å². The summed E-state index contributed by atoms with van der Waals surface area (Å²) in [5.74, 6) is 0.968. The zero-order chi connectivity index (χ0) is 37.5. The zero-order valence-electron chi connectivity index (χ0n) is 31.8. The van der Waals surface area contributed by atoms with E-state index in [1.807, 2.05) is 30.5 Å². The van der Waals surface area contributed by atoms with E-state index in [-0.39, 0.29) is 16.6 Å². The number of benzene rings is 6. The Bertz CT molecular complexity index is 2920. The zero-order valence-corrected chi connectivity index (χ0v) is 31.8. The number of hydrogen-bond acceptors (Lipinski definition) is 4. The van der Waals surface area contributed by atoms with Crippen molar-refractivity contribution in [2.75, 3.05) is 0 Å². The van der Waals surface area contributed by atoms with Gasteiger partial charge in [0.2, 0.25) is 0 Å². The minimum absolute atomic E-state index is 0.139. The molecular formula is C49H43N3O2. The molecular weight excluding hydrogens is 663 g/mol. The predicted octanol–water partition coefficient (Wildman–Crippen LogP) is 13.1. The van der Waals surface area contributed by atoms with Crippen molar-refractivity contribution in [1.29, 1.82) is 0 Å². The number of aromatic nitrogens is 3. The molecule has 0 amide bonds. The number of hydrogen-bond donors (Lipinski definition) is 1. The Morgan fingerprint density at radius 1 is 0.648 bits per heavy atom. The van der Waals surface area contributed by atoms with E-state index in [2.05, 4.69) is 150 Å². The number of phenolic OH excluding ortho intramolecular Hbond substituents is 1. The molecule has 9 rings (SSSR count). The summed E-state index contributed by atoms with van der Waals surface area (Å²) in [7, 11) is 0. The van der Waals surface area contributed by atoms with Gasteiger partial charge < -0.3 is 9.52 Å². The van der Waals surface area contributed by atoms with E-state index < -0.39 is 0 Å². The van der Waals surface area contributed by atoms with Crippen molar-refractivity contribution in [3.8, 4) is 45.2 Å². The van der Waals surface area contributed by atoms with Gasteiger partial charge in [-0.2, -0.15) is 0 Å². The van der Waals surface area contributed by atoms with Gasteiger partial charge in [-0.1, -0.05) is 108 Å². The highest BCUT2D eigenvalue weighted by Crippen LogP contribution is 2.45. The van der Waals surface area contributed by atoms with Crippen molar-refractivity contribution in [2.45, 2.75) is 59.3 Å². The maximum Gasteiger partial charge on any atom is 0.149 e. The van der Waals surface area contributed by atoms with Gasteiger partial charge in [0.05, 0.1) is 27.7 Å². The van der Waals surface area contributed by atoms with Gasteiger partial charge in [-0.05, 0) is 99.8 Å². The minimum atomic E-state index is -0.281. The molecule has 3 heterocycles. The summed E-state index contributed by atoms with van der Waals surface area (Å²) in [6.45, 7) is 15.2. The molecule has 0 spiro atoms. The number of furan rings is 1. The monoisotopic (exact) mass is 705 g/mol. The van der Waals surface area contributed by atoms with Gasteiger partial charge in [0.1, 0.15) is 22.7 Å². The normalized spacial score (nSPS) is 12.4. The van der Waals surface area contributed by atoms with Crippen molar-refractivity contribution < 1.29 is 9.52 Å². The number of imidazole rings is 1.